The first-order valence-electron chi connectivity index (χ1n) is 19.0. The molecular weight excluding hydrogens is 695 g/mol. The molecule has 1 aromatic heterocycles. The van der Waals surface area contributed by atoms with E-state index in [0.29, 0.717) is 29.6 Å². The zero-order chi connectivity index (χ0) is 37.8. The van der Waals surface area contributed by atoms with Gasteiger partial charge in [0, 0.05) is 73.2 Å². The molecule has 2 atom stereocenters. The van der Waals surface area contributed by atoms with Crippen LogP contribution in [0.15, 0.2) is 95.8 Å². The third kappa shape index (κ3) is 6.54. The van der Waals surface area contributed by atoms with Crippen LogP contribution in [0.3, 0.4) is 0 Å². The molecule has 9 nitrogen and oxygen atoms in total. The van der Waals surface area contributed by atoms with Gasteiger partial charge in [0.25, 0.3) is 17.7 Å². The van der Waals surface area contributed by atoms with Crippen LogP contribution in [0.1, 0.15) is 71.2 Å². The van der Waals surface area contributed by atoms with Crippen molar-refractivity contribution in [2.45, 2.75) is 65.1 Å². The normalized spacial score (nSPS) is 23.3. The Balaban J connectivity index is 0.977. The second kappa shape index (κ2) is 14.1. The third-order valence-electron chi connectivity index (χ3n) is 12.1. The number of carbonyl (C=O) groups is 3. The Bertz CT molecular complexity index is 2130. The largest absolute Gasteiger partial charge is 0.381 e. The SMILES string of the molecule is CC1=CN(C)C(N2CC3(CCOCC3)C2)C(C(=O)Nc2ccc(C(=O)N3CCc4c(sc(C(=O)NC5(C)CC=CC=C5C)c4C)-c4ccccc43)cc2)=C1. The Morgan fingerprint density at radius 2 is 1.70 bits per heavy atom. The quantitative estimate of drug-likeness (QED) is 0.272. The number of allylic oxidation sites excluding steroid dienone is 4. The van der Waals surface area contributed by atoms with Crippen molar-refractivity contribution in [2.24, 2.45) is 5.41 Å². The minimum atomic E-state index is -0.426. The fourth-order valence-electron chi connectivity index (χ4n) is 8.83. The van der Waals surface area contributed by atoms with E-state index in [4.69, 9.17) is 4.74 Å². The van der Waals surface area contributed by atoms with E-state index in [1.54, 1.807) is 12.1 Å². The number of amides is 3. The summed E-state index contributed by atoms with van der Waals surface area (Å²) in [5.74, 6) is -0.311. The average molecular weight is 744 g/mol. The number of para-hydroxylation sites is 1. The molecule has 280 valence electrons. The number of benzene rings is 2. The van der Waals surface area contributed by atoms with Gasteiger partial charge in [0.2, 0.25) is 0 Å². The number of thiophene rings is 1. The summed E-state index contributed by atoms with van der Waals surface area (Å²) < 4.78 is 5.62. The van der Waals surface area contributed by atoms with Gasteiger partial charge in [-0.05, 0) is 112 Å². The maximum absolute atomic E-state index is 14.2. The highest BCUT2D eigenvalue weighted by molar-refractivity contribution is 7.17. The number of likely N-dealkylation sites (N-methyl/N-ethyl adjacent to an activating group) is 1. The van der Waals surface area contributed by atoms with E-state index >= 15 is 0 Å². The molecule has 4 aliphatic heterocycles. The van der Waals surface area contributed by atoms with E-state index < -0.39 is 5.54 Å². The van der Waals surface area contributed by atoms with Gasteiger partial charge < -0.3 is 25.2 Å². The zero-order valence-electron chi connectivity index (χ0n) is 31.8. The molecule has 0 saturated carbocycles. The summed E-state index contributed by atoms with van der Waals surface area (Å²) >= 11 is 1.51. The van der Waals surface area contributed by atoms with E-state index in [2.05, 4.69) is 52.6 Å². The lowest BCUT2D eigenvalue weighted by Gasteiger charge is -2.56. The summed E-state index contributed by atoms with van der Waals surface area (Å²) in [7, 11) is 2.04. The van der Waals surface area contributed by atoms with Crippen LogP contribution in [0.4, 0.5) is 11.4 Å². The lowest BCUT2D eigenvalue weighted by atomic mass is 9.72. The number of ether oxygens (including phenoxy) is 1. The lowest BCUT2D eigenvalue weighted by Crippen LogP contribution is -2.65. The van der Waals surface area contributed by atoms with Crippen molar-refractivity contribution >= 4 is 40.4 Å². The third-order valence-corrected chi connectivity index (χ3v) is 13.5. The number of hydrogen-bond donors (Lipinski definition) is 2. The maximum atomic E-state index is 14.2. The van der Waals surface area contributed by atoms with Gasteiger partial charge in [-0.15, -0.1) is 11.3 Å². The number of carbonyl (C=O) groups excluding carboxylic acids is 3. The number of fused-ring (bicyclic) bond motifs is 3. The van der Waals surface area contributed by atoms with Crippen LogP contribution in [-0.4, -0.2) is 79.1 Å². The molecule has 0 radical (unpaired) electrons. The highest BCUT2D eigenvalue weighted by atomic mass is 32.1. The van der Waals surface area contributed by atoms with E-state index in [1.807, 2.05) is 74.3 Å². The topological polar surface area (TPSA) is 94.2 Å². The van der Waals surface area contributed by atoms with Crippen molar-refractivity contribution < 1.29 is 19.1 Å². The van der Waals surface area contributed by atoms with Crippen molar-refractivity contribution in [3.05, 3.63) is 117 Å². The Kier molecular flexibility index (Phi) is 9.48. The molecule has 1 aliphatic carbocycles. The van der Waals surface area contributed by atoms with Crippen LogP contribution >= 0.6 is 11.3 Å². The van der Waals surface area contributed by atoms with E-state index in [0.717, 1.165) is 94.4 Å². The van der Waals surface area contributed by atoms with Crippen LogP contribution < -0.4 is 15.5 Å². The Labute approximate surface area is 322 Å². The summed E-state index contributed by atoms with van der Waals surface area (Å²) in [6.07, 6.45) is 13.7. The van der Waals surface area contributed by atoms with Crippen LogP contribution in [0, 0.1) is 12.3 Å². The molecule has 0 bridgehead atoms. The summed E-state index contributed by atoms with van der Waals surface area (Å²) in [6.45, 7) is 12.2. The molecule has 2 aromatic carbocycles. The molecule has 8 rings (SSSR count). The predicted molar refractivity (Wildman–Crippen MR) is 216 cm³/mol. The smallest absolute Gasteiger partial charge is 0.262 e. The van der Waals surface area contributed by atoms with Gasteiger partial charge in [-0.25, -0.2) is 0 Å². The van der Waals surface area contributed by atoms with Gasteiger partial charge in [0.05, 0.1) is 21.7 Å². The van der Waals surface area contributed by atoms with Crippen LogP contribution in [-0.2, 0) is 16.0 Å². The molecule has 10 heteroatoms. The molecule has 5 heterocycles. The molecule has 5 aliphatic rings. The monoisotopic (exact) mass is 743 g/mol. The summed E-state index contributed by atoms with van der Waals surface area (Å²) in [6, 6.07) is 15.2. The Morgan fingerprint density at radius 3 is 2.44 bits per heavy atom. The van der Waals surface area contributed by atoms with Crippen molar-refractivity contribution in [1.29, 1.82) is 0 Å². The van der Waals surface area contributed by atoms with Gasteiger partial charge >= 0.3 is 0 Å². The number of likely N-dealkylation sites (tertiary alicyclic amines) is 1. The molecule has 1 spiro atoms. The number of rotatable bonds is 6. The Morgan fingerprint density at radius 1 is 0.963 bits per heavy atom. The Hall–Kier alpha value is -4.77. The van der Waals surface area contributed by atoms with E-state index in [-0.39, 0.29) is 23.9 Å². The van der Waals surface area contributed by atoms with Gasteiger partial charge in [-0.3, -0.25) is 19.3 Å². The van der Waals surface area contributed by atoms with Crippen LogP contribution in [0.2, 0.25) is 0 Å². The molecule has 2 N–H and O–H groups in total. The van der Waals surface area contributed by atoms with Gasteiger partial charge in [-0.2, -0.15) is 0 Å². The fourth-order valence-corrected chi connectivity index (χ4v) is 10.1. The molecule has 2 saturated heterocycles. The second-order valence-corrected chi connectivity index (χ2v) is 16.9. The summed E-state index contributed by atoms with van der Waals surface area (Å²) in [5.41, 5.74) is 7.78. The second-order valence-electron chi connectivity index (χ2n) is 15.9. The predicted octanol–water partition coefficient (Wildman–Crippen LogP) is 7.47. The summed E-state index contributed by atoms with van der Waals surface area (Å²) in [5, 5.41) is 6.43. The average Bonchev–Trinajstić information content (AvgIpc) is 3.38. The lowest BCUT2D eigenvalue weighted by molar-refractivity contribution is -0.122. The molecule has 3 amide bonds. The van der Waals surface area contributed by atoms with Gasteiger partial charge in [0.1, 0.15) is 6.17 Å². The highest BCUT2D eigenvalue weighted by Gasteiger charge is 2.48. The number of nitrogens with one attached hydrogen (secondary N) is 2. The first-order chi connectivity index (χ1) is 25.9. The summed E-state index contributed by atoms with van der Waals surface area (Å²) in [4.78, 5) is 49.9. The first-order valence-corrected chi connectivity index (χ1v) is 19.8. The maximum Gasteiger partial charge on any atom is 0.262 e. The minimum absolute atomic E-state index is 0.0634. The van der Waals surface area contributed by atoms with E-state index in [1.165, 1.54) is 11.3 Å². The first kappa shape index (κ1) is 36.2. The molecule has 54 heavy (non-hydrogen) atoms. The zero-order valence-corrected chi connectivity index (χ0v) is 32.6. The van der Waals surface area contributed by atoms with E-state index in [9.17, 15) is 14.4 Å². The van der Waals surface area contributed by atoms with Crippen molar-refractivity contribution in [2.75, 3.05) is 50.1 Å². The van der Waals surface area contributed by atoms with Crippen molar-refractivity contribution in [3.8, 4) is 10.4 Å². The molecule has 2 unspecified atom stereocenters. The van der Waals surface area contributed by atoms with Gasteiger partial charge in [-0.1, -0.05) is 36.4 Å². The standard InChI is InChI=1S/C44H49N5O4S/c1-28-24-35(41(47(5)25-28)48-26-44(27-48)19-22-53-23-20-44)39(50)45-32-15-13-31(14-16-32)42(52)49-21-17-33-30(3)37(54-38(33)34-11-6-7-12-36(34)49)40(51)46-43(4)18-9-8-10-29(43)2/h6-16,24-25,41H,17-23,26-27H2,1-5H3,(H,45,50)(H,46,51). The minimum Gasteiger partial charge on any atom is -0.381 e. The van der Waals surface area contributed by atoms with Gasteiger partial charge in [0.15, 0.2) is 0 Å². The number of nitrogens with zero attached hydrogens (tertiary/aromatic N) is 3. The number of anilines is 2. The number of hydrogen-bond acceptors (Lipinski definition) is 7. The molecular formula is C44H49N5O4S. The van der Waals surface area contributed by atoms with Crippen molar-refractivity contribution in [1.82, 2.24) is 15.1 Å². The van der Waals surface area contributed by atoms with Crippen LogP contribution in [0.25, 0.3) is 10.4 Å². The molecule has 2 fully saturated rings. The van der Waals surface area contributed by atoms with Crippen molar-refractivity contribution in [3.63, 3.8) is 0 Å². The molecule has 3 aromatic rings. The van der Waals surface area contributed by atoms with Crippen LogP contribution in [0.5, 0.6) is 0 Å². The highest BCUT2D eigenvalue weighted by Crippen LogP contribution is 2.45. The fraction of sp³-hybridized carbons (Fsp3) is 0.386.